The molecular weight excluding hydrogens is 430 g/mol. The van der Waals surface area contributed by atoms with E-state index in [1.807, 2.05) is 17.5 Å². The number of carbonyl (C=O) groups is 2. The minimum atomic E-state index is -3.84. The smallest absolute Gasteiger partial charge is 0.309 e. The van der Waals surface area contributed by atoms with E-state index in [0.29, 0.717) is 18.8 Å². The lowest BCUT2D eigenvalue weighted by Gasteiger charge is -2.34. The molecule has 0 spiro atoms. The van der Waals surface area contributed by atoms with Gasteiger partial charge in [-0.25, -0.2) is 8.42 Å². The Bertz CT molecular complexity index is 961. The average molecular weight is 454 g/mol. The Morgan fingerprint density at radius 2 is 1.93 bits per heavy atom. The Balaban J connectivity index is 1.60. The van der Waals surface area contributed by atoms with E-state index in [0.717, 1.165) is 4.88 Å². The highest BCUT2D eigenvalue weighted by molar-refractivity contribution is 7.89. The number of sulfonamides is 1. The van der Waals surface area contributed by atoms with Crippen LogP contribution >= 0.6 is 11.3 Å². The van der Waals surface area contributed by atoms with Crippen LogP contribution in [0.1, 0.15) is 11.3 Å². The minimum Gasteiger partial charge on any atom is -0.497 e. The van der Waals surface area contributed by atoms with Crippen molar-refractivity contribution >= 4 is 33.2 Å². The fourth-order valence-electron chi connectivity index (χ4n) is 2.91. The number of nitrogens with one attached hydrogen (secondary N) is 2. The molecule has 162 valence electrons. The maximum atomic E-state index is 13.0. The van der Waals surface area contributed by atoms with Crippen molar-refractivity contribution in [2.24, 2.45) is 0 Å². The third kappa shape index (κ3) is 5.36. The molecule has 2 heterocycles. The second-order valence-electron chi connectivity index (χ2n) is 6.44. The molecule has 0 aliphatic carbocycles. The number of nitrogens with zero attached hydrogens (tertiary/aromatic N) is 1. The first kappa shape index (κ1) is 22.2. The van der Waals surface area contributed by atoms with E-state index in [2.05, 4.69) is 10.6 Å². The Kier molecular flexibility index (Phi) is 7.43. The molecule has 1 aromatic heterocycles. The zero-order valence-electron chi connectivity index (χ0n) is 16.4. The molecule has 0 bridgehead atoms. The SMILES string of the molecule is COc1ccc(S(=O)(=O)N2CCCOC2CNC(=O)C(=O)NCc2cccs2)cc1. The first-order chi connectivity index (χ1) is 14.4. The van der Waals surface area contributed by atoms with Gasteiger partial charge in [-0.05, 0) is 42.1 Å². The predicted octanol–water partition coefficient (Wildman–Crippen LogP) is 0.926. The van der Waals surface area contributed by atoms with E-state index in [-0.39, 0.29) is 24.5 Å². The van der Waals surface area contributed by atoms with Crippen molar-refractivity contribution in [1.82, 2.24) is 14.9 Å². The third-order valence-electron chi connectivity index (χ3n) is 4.47. The summed E-state index contributed by atoms with van der Waals surface area (Å²) >= 11 is 1.47. The van der Waals surface area contributed by atoms with Gasteiger partial charge in [0.25, 0.3) is 0 Å². The van der Waals surface area contributed by atoms with Crippen LogP contribution < -0.4 is 15.4 Å². The van der Waals surface area contributed by atoms with Crippen LogP contribution in [0.5, 0.6) is 5.75 Å². The summed E-state index contributed by atoms with van der Waals surface area (Å²) in [6.45, 7) is 0.724. The summed E-state index contributed by atoms with van der Waals surface area (Å²) in [5, 5.41) is 6.86. The summed E-state index contributed by atoms with van der Waals surface area (Å²) in [5.74, 6) is -1.09. The quantitative estimate of drug-likeness (QED) is 0.603. The number of thiophene rings is 1. The molecule has 1 aliphatic rings. The molecule has 1 atom stereocenters. The average Bonchev–Trinajstić information content (AvgIpc) is 3.29. The van der Waals surface area contributed by atoms with Gasteiger partial charge in [0.15, 0.2) is 0 Å². The maximum absolute atomic E-state index is 13.0. The van der Waals surface area contributed by atoms with Crippen molar-refractivity contribution in [2.45, 2.75) is 24.1 Å². The highest BCUT2D eigenvalue weighted by Crippen LogP contribution is 2.23. The zero-order chi connectivity index (χ0) is 21.6. The van der Waals surface area contributed by atoms with E-state index in [9.17, 15) is 18.0 Å². The van der Waals surface area contributed by atoms with Crippen LogP contribution in [-0.4, -0.2) is 57.6 Å². The standard InChI is InChI=1S/C19H23N3O6S2/c1-27-14-5-7-16(8-6-14)30(25,26)22-9-3-10-28-17(22)13-21-19(24)18(23)20-12-15-4-2-11-29-15/h2,4-8,11,17H,3,9-10,12-13H2,1H3,(H,20,23)(H,21,24). The Labute approximate surface area is 179 Å². The first-order valence-electron chi connectivity index (χ1n) is 9.27. The van der Waals surface area contributed by atoms with Crippen LogP contribution in [0.2, 0.25) is 0 Å². The van der Waals surface area contributed by atoms with Crippen molar-refractivity contribution in [3.63, 3.8) is 0 Å². The summed E-state index contributed by atoms with van der Waals surface area (Å²) in [5.41, 5.74) is 0. The van der Waals surface area contributed by atoms with Crippen molar-refractivity contribution in [1.29, 1.82) is 0 Å². The molecule has 0 radical (unpaired) electrons. The summed E-state index contributed by atoms with van der Waals surface area (Å²) in [6, 6.07) is 9.73. The monoisotopic (exact) mass is 453 g/mol. The molecule has 1 aliphatic heterocycles. The summed E-state index contributed by atoms with van der Waals surface area (Å²) in [7, 11) is -2.34. The van der Waals surface area contributed by atoms with E-state index in [4.69, 9.17) is 9.47 Å². The van der Waals surface area contributed by atoms with Gasteiger partial charge < -0.3 is 20.1 Å². The van der Waals surface area contributed by atoms with Crippen molar-refractivity contribution in [3.05, 3.63) is 46.7 Å². The molecule has 9 nitrogen and oxygen atoms in total. The first-order valence-corrected chi connectivity index (χ1v) is 11.6. The van der Waals surface area contributed by atoms with E-state index in [1.54, 1.807) is 12.1 Å². The molecule has 1 fully saturated rings. The van der Waals surface area contributed by atoms with Gasteiger partial charge in [0.05, 0.1) is 31.7 Å². The second-order valence-corrected chi connectivity index (χ2v) is 9.37. The molecule has 30 heavy (non-hydrogen) atoms. The van der Waals surface area contributed by atoms with Crippen LogP contribution in [0.15, 0.2) is 46.7 Å². The summed E-state index contributed by atoms with van der Waals surface area (Å²) < 4.78 is 37.9. The van der Waals surface area contributed by atoms with Crippen LogP contribution in [0.3, 0.4) is 0 Å². The van der Waals surface area contributed by atoms with Gasteiger partial charge >= 0.3 is 11.8 Å². The number of amides is 2. The van der Waals surface area contributed by atoms with Crippen molar-refractivity contribution < 1.29 is 27.5 Å². The van der Waals surface area contributed by atoms with Gasteiger partial charge in [0.1, 0.15) is 12.0 Å². The number of ether oxygens (including phenoxy) is 2. The van der Waals surface area contributed by atoms with Gasteiger partial charge in [-0.2, -0.15) is 4.31 Å². The highest BCUT2D eigenvalue weighted by atomic mass is 32.2. The number of hydrogen-bond donors (Lipinski definition) is 2. The highest BCUT2D eigenvalue weighted by Gasteiger charge is 2.35. The fourth-order valence-corrected chi connectivity index (χ4v) is 5.12. The fraction of sp³-hybridized carbons (Fsp3) is 0.368. The van der Waals surface area contributed by atoms with Crippen molar-refractivity contribution in [2.75, 3.05) is 26.8 Å². The van der Waals surface area contributed by atoms with Gasteiger partial charge in [0.2, 0.25) is 10.0 Å². The maximum Gasteiger partial charge on any atom is 0.309 e. The lowest BCUT2D eigenvalue weighted by molar-refractivity contribution is -0.140. The van der Waals surface area contributed by atoms with E-state index < -0.39 is 28.1 Å². The number of rotatable bonds is 7. The number of benzene rings is 1. The Morgan fingerprint density at radius 3 is 2.60 bits per heavy atom. The number of methoxy groups -OCH3 is 1. The Morgan fingerprint density at radius 1 is 1.20 bits per heavy atom. The normalized spacial score (nSPS) is 17.3. The largest absolute Gasteiger partial charge is 0.497 e. The van der Waals surface area contributed by atoms with E-state index >= 15 is 0 Å². The molecule has 3 rings (SSSR count). The van der Waals surface area contributed by atoms with Gasteiger partial charge in [-0.3, -0.25) is 9.59 Å². The summed E-state index contributed by atoms with van der Waals surface area (Å²) in [4.78, 5) is 25.1. The van der Waals surface area contributed by atoms with Crippen LogP contribution in [0.4, 0.5) is 0 Å². The van der Waals surface area contributed by atoms with Crippen LogP contribution in [-0.2, 0) is 30.9 Å². The molecule has 11 heteroatoms. The minimum absolute atomic E-state index is 0.0961. The van der Waals surface area contributed by atoms with E-state index in [1.165, 1.54) is 34.9 Å². The number of carbonyl (C=O) groups excluding carboxylic acids is 2. The van der Waals surface area contributed by atoms with Crippen molar-refractivity contribution in [3.8, 4) is 5.75 Å². The van der Waals surface area contributed by atoms with Crippen LogP contribution in [0.25, 0.3) is 0 Å². The van der Waals surface area contributed by atoms with Gasteiger partial charge in [0, 0.05) is 11.4 Å². The van der Waals surface area contributed by atoms with Crippen LogP contribution in [0, 0.1) is 0 Å². The third-order valence-corrected chi connectivity index (χ3v) is 7.25. The molecule has 2 aromatic rings. The molecule has 1 unspecified atom stereocenters. The van der Waals surface area contributed by atoms with Gasteiger partial charge in [-0.1, -0.05) is 6.07 Å². The molecular formula is C19H23N3O6S2. The molecule has 1 aromatic carbocycles. The lowest BCUT2D eigenvalue weighted by atomic mass is 10.3. The molecule has 2 N–H and O–H groups in total. The zero-order valence-corrected chi connectivity index (χ0v) is 18.0. The Hall–Kier alpha value is -2.47. The topological polar surface area (TPSA) is 114 Å². The molecule has 0 saturated carbocycles. The van der Waals surface area contributed by atoms with Gasteiger partial charge in [-0.15, -0.1) is 11.3 Å². The summed E-state index contributed by atoms with van der Waals surface area (Å²) in [6.07, 6.45) is -0.374. The number of hydrogen-bond acceptors (Lipinski definition) is 7. The second kappa shape index (κ2) is 10.0. The predicted molar refractivity (Wildman–Crippen MR) is 110 cm³/mol. The molecule has 1 saturated heterocycles. The molecule has 2 amide bonds. The lowest BCUT2D eigenvalue weighted by Crippen LogP contribution is -2.53.